The Morgan fingerprint density at radius 1 is 1.14 bits per heavy atom. The van der Waals surface area contributed by atoms with Gasteiger partial charge in [0.2, 0.25) is 0 Å². The maximum Gasteiger partial charge on any atom is 0.265 e. The van der Waals surface area contributed by atoms with Gasteiger partial charge >= 0.3 is 0 Å². The smallest absolute Gasteiger partial charge is 0.246 e. The summed E-state index contributed by atoms with van der Waals surface area (Å²) in [5.74, 6) is 1.25. The summed E-state index contributed by atoms with van der Waals surface area (Å²) in [6.45, 7) is 3.44. The SMILES string of the molecule is Cc1nc(C)n2nc(NS(=O)(=O)c3ccccc3Cl)nc2n1. The summed E-state index contributed by atoms with van der Waals surface area (Å²) in [5.41, 5.74) is 0. The van der Waals surface area contributed by atoms with E-state index in [4.69, 9.17) is 11.6 Å². The van der Waals surface area contributed by atoms with E-state index in [0.29, 0.717) is 11.6 Å². The van der Waals surface area contributed by atoms with Gasteiger partial charge in [0.05, 0.1) is 5.02 Å². The van der Waals surface area contributed by atoms with Crippen LogP contribution in [0.2, 0.25) is 5.02 Å². The Kier molecular flexibility index (Phi) is 3.45. The van der Waals surface area contributed by atoms with Gasteiger partial charge in [0.25, 0.3) is 21.7 Å². The average Bonchev–Trinajstić information content (AvgIpc) is 2.80. The van der Waals surface area contributed by atoms with Crippen molar-refractivity contribution in [1.29, 1.82) is 0 Å². The van der Waals surface area contributed by atoms with Crippen LogP contribution in [0, 0.1) is 13.8 Å². The Bertz CT molecular complexity index is 969. The number of anilines is 1. The molecule has 10 heteroatoms. The number of fused-ring (bicyclic) bond motifs is 1. The molecule has 0 atom stereocenters. The number of sulfonamides is 1. The van der Waals surface area contributed by atoms with E-state index in [1.165, 1.54) is 16.6 Å². The molecule has 3 aromatic rings. The molecular weight excluding hydrogens is 328 g/mol. The lowest BCUT2D eigenvalue weighted by Gasteiger charge is -2.05. The van der Waals surface area contributed by atoms with Crippen molar-refractivity contribution < 1.29 is 8.42 Å². The number of rotatable bonds is 3. The van der Waals surface area contributed by atoms with Crippen LogP contribution in [0.25, 0.3) is 5.78 Å². The topological polar surface area (TPSA) is 102 Å². The third-order valence-corrected chi connectivity index (χ3v) is 4.66. The average molecular weight is 339 g/mol. The molecule has 0 saturated carbocycles. The van der Waals surface area contributed by atoms with Crippen LogP contribution >= 0.6 is 11.6 Å². The van der Waals surface area contributed by atoms with Crippen molar-refractivity contribution in [2.75, 3.05) is 4.72 Å². The van der Waals surface area contributed by atoms with E-state index in [9.17, 15) is 8.42 Å². The highest BCUT2D eigenvalue weighted by Crippen LogP contribution is 2.22. The van der Waals surface area contributed by atoms with Crippen LogP contribution in [0.5, 0.6) is 0 Å². The molecule has 8 nitrogen and oxygen atoms in total. The van der Waals surface area contributed by atoms with Crippen molar-refractivity contribution in [3.05, 3.63) is 40.9 Å². The Labute approximate surface area is 131 Å². The number of benzene rings is 1. The summed E-state index contributed by atoms with van der Waals surface area (Å²) in [4.78, 5) is 12.2. The highest BCUT2D eigenvalue weighted by Gasteiger charge is 2.20. The first-order valence-corrected chi connectivity index (χ1v) is 8.08. The summed E-state index contributed by atoms with van der Waals surface area (Å²) in [5, 5.41) is 4.16. The van der Waals surface area contributed by atoms with Gasteiger partial charge in [0.15, 0.2) is 0 Å². The summed E-state index contributed by atoms with van der Waals surface area (Å²) >= 11 is 5.91. The molecule has 114 valence electrons. The van der Waals surface area contributed by atoms with Crippen molar-refractivity contribution in [3.8, 4) is 0 Å². The first-order chi connectivity index (χ1) is 10.4. The van der Waals surface area contributed by atoms with Gasteiger partial charge in [-0.25, -0.2) is 18.1 Å². The van der Waals surface area contributed by atoms with Crippen molar-refractivity contribution in [2.45, 2.75) is 18.7 Å². The lowest BCUT2D eigenvalue weighted by molar-refractivity contribution is 0.601. The number of hydrogen-bond donors (Lipinski definition) is 1. The molecule has 0 fully saturated rings. The van der Waals surface area contributed by atoms with E-state index in [1.807, 2.05) is 0 Å². The second-order valence-corrected chi connectivity index (χ2v) is 6.56. The van der Waals surface area contributed by atoms with E-state index < -0.39 is 10.0 Å². The molecule has 0 aliphatic rings. The normalized spacial score (nSPS) is 11.8. The number of aromatic nitrogens is 5. The molecule has 1 aromatic carbocycles. The first kappa shape index (κ1) is 14.7. The lowest BCUT2D eigenvalue weighted by atomic mass is 10.4. The van der Waals surface area contributed by atoms with Gasteiger partial charge in [-0.05, 0) is 26.0 Å². The number of nitrogens with zero attached hydrogens (tertiary/aromatic N) is 5. The third kappa shape index (κ3) is 2.60. The Hall–Kier alpha value is -2.26. The largest absolute Gasteiger partial charge is 0.265 e. The molecule has 3 rings (SSSR count). The minimum atomic E-state index is -3.88. The predicted molar refractivity (Wildman–Crippen MR) is 80.3 cm³/mol. The van der Waals surface area contributed by atoms with E-state index in [-0.39, 0.29) is 21.6 Å². The summed E-state index contributed by atoms with van der Waals surface area (Å²) < 4.78 is 28.3. The number of hydrogen-bond acceptors (Lipinski definition) is 6. The Morgan fingerprint density at radius 2 is 1.86 bits per heavy atom. The van der Waals surface area contributed by atoms with E-state index >= 15 is 0 Å². The Morgan fingerprint density at radius 3 is 2.59 bits per heavy atom. The number of halogens is 1. The van der Waals surface area contributed by atoms with Crippen molar-refractivity contribution >= 4 is 33.4 Å². The minimum absolute atomic E-state index is 0.0468. The molecule has 22 heavy (non-hydrogen) atoms. The fourth-order valence-electron chi connectivity index (χ4n) is 1.93. The summed E-state index contributed by atoms with van der Waals surface area (Å²) in [6, 6.07) is 6.12. The highest BCUT2D eigenvalue weighted by molar-refractivity contribution is 7.92. The maximum absolute atomic E-state index is 12.3. The zero-order chi connectivity index (χ0) is 15.9. The number of nitrogens with one attached hydrogen (secondary N) is 1. The monoisotopic (exact) mass is 338 g/mol. The second kappa shape index (κ2) is 5.18. The molecule has 2 heterocycles. The van der Waals surface area contributed by atoms with Gasteiger partial charge in [-0.15, -0.1) is 5.10 Å². The third-order valence-electron chi connectivity index (χ3n) is 2.83. The summed E-state index contributed by atoms with van der Waals surface area (Å²) in [7, 11) is -3.88. The van der Waals surface area contributed by atoms with Gasteiger partial charge < -0.3 is 0 Å². The molecule has 1 N–H and O–H groups in total. The standard InChI is InChI=1S/C12H11ClN6O2S/c1-7-14-8(2)19-12(15-7)16-11(17-19)18-22(20,21)10-6-4-3-5-9(10)13/h3-6H,1-2H3,(H,17,18). The predicted octanol–water partition coefficient (Wildman–Crippen LogP) is 1.59. The van der Waals surface area contributed by atoms with Gasteiger partial charge in [-0.2, -0.15) is 14.5 Å². The van der Waals surface area contributed by atoms with Gasteiger partial charge in [0.1, 0.15) is 16.5 Å². The molecule has 0 aliphatic heterocycles. The van der Waals surface area contributed by atoms with Crippen molar-refractivity contribution in [2.24, 2.45) is 0 Å². The minimum Gasteiger partial charge on any atom is -0.246 e. The second-order valence-electron chi connectivity index (χ2n) is 4.50. The molecule has 0 bridgehead atoms. The van der Waals surface area contributed by atoms with Crippen LogP contribution in [0.4, 0.5) is 5.95 Å². The van der Waals surface area contributed by atoms with Crippen LogP contribution in [-0.4, -0.2) is 33.0 Å². The van der Waals surface area contributed by atoms with Crippen LogP contribution in [0.1, 0.15) is 11.6 Å². The van der Waals surface area contributed by atoms with Gasteiger partial charge in [-0.1, -0.05) is 23.7 Å². The zero-order valence-electron chi connectivity index (χ0n) is 11.6. The Balaban J connectivity index is 2.03. The summed E-state index contributed by atoms with van der Waals surface area (Å²) in [6.07, 6.45) is 0. The number of aryl methyl sites for hydroxylation is 2. The molecular formula is C12H11ClN6O2S. The van der Waals surface area contributed by atoms with Gasteiger partial charge in [-0.3, -0.25) is 0 Å². The van der Waals surface area contributed by atoms with E-state index in [2.05, 4.69) is 24.8 Å². The quantitative estimate of drug-likeness (QED) is 0.778. The molecule has 0 aliphatic carbocycles. The molecule has 0 unspecified atom stereocenters. The first-order valence-electron chi connectivity index (χ1n) is 6.22. The van der Waals surface area contributed by atoms with Crippen molar-refractivity contribution in [3.63, 3.8) is 0 Å². The lowest BCUT2D eigenvalue weighted by Crippen LogP contribution is -2.14. The van der Waals surface area contributed by atoms with E-state index in [1.54, 1.807) is 26.0 Å². The molecule has 0 radical (unpaired) electrons. The fraction of sp³-hybridized carbons (Fsp3) is 0.167. The fourth-order valence-corrected chi connectivity index (χ4v) is 3.39. The van der Waals surface area contributed by atoms with Crippen LogP contribution in [0.15, 0.2) is 29.2 Å². The molecule has 2 aromatic heterocycles. The molecule has 0 spiro atoms. The molecule has 0 saturated heterocycles. The van der Waals surface area contributed by atoms with Crippen LogP contribution in [0.3, 0.4) is 0 Å². The van der Waals surface area contributed by atoms with Crippen molar-refractivity contribution in [1.82, 2.24) is 24.6 Å². The van der Waals surface area contributed by atoms with E-state index in [0.717, 1.165) is 0 Å². The van der Waals surface area contributed by atoms with Crippen LogP contribution < -0.4 is 4.72 Å². The maximum atomic E-state index is 12.3. The highest BCUT2D eigenvalue weighted by atomic mass is 35.5. The molecule has 0 amide bonds. The van der Waals surface area contributed by atoms with Crippen LogP contribution in [-0.2, 0) is 10.0 Å². The van der Waals surface area contributed by atoms with Gasteiger partial charge in [0, 0.05) is 0 Å². The zero-order valence-corrected chi connectivity index (χ0v) is 13.2.